The molecular formula is C13H14N4O2S. The molecule has 1 aromatic carbocycles. The van der Waals surface area contributed by atoms with Gasteiger partial charge in [0.25, 0.3) is 0 Å². The fourth-order valence-corrected chi connectivity index (χ4v) is 1.93. The number of hydrogen-bond donors (Lipinski definition) is 2. The zero-order valence-electron chi connectivity index (χ0n) is 11.1. The molecule has 0 radical (unpaired) electrons. The summed E-state index contributed by atoms with van der Waals surface area (Å²) in [6, 6.07) is 9.32. The van der Waals surface area contributed by atoms with E-state index in [1.165, 1.54) is 0 Å². The number of nitrogens with two attached hydrogens (primary N) is 1. The number of hydrogen-bond acceptors (Lipinski definition) is 6. The third-order valence-electron chi connectivity index (χ3n) is 2.47. The SMILES string of the molecule is CSc1ccc(Oc2nc(C)cc(/C(N)=N/O)n2)cc1. The van der Waals surface area contributed by atoms with Gasteiger partial charge in [-0.25, -0.2) is 4.98 Å². The summed E-state index contributed by atoms with van der Waals surface area (Å²) < 4.78 is 5.57. The van der Waals surface area contributed by atoms with Crippen LogP contribution in [0.4, 0.5) is 0 Å². The van der Waals surface area contributed by atoms with Crippen LogP contribution in [0, 0.1) is 6.92 Å². The van der Waals surface area contributed by atoms with Crippen molar-refractivity contribution in [2.24, 2.45) is 10.9 Å². The Morgan fingerprint density at radius 2 is 2.00 bits per heavy atom. The van der Waals surface area contributed by atoms with Crippen LogP contribution < -0.4 is 10.5 Å². The fourth-order valence-electron chi connectivity index (χ4n) is 1.52. The Bertz CT molecular complexity index is 629. The Labute approximate surface area is 120 Å². The first-order valence-electron chi connectivity index (χ1n) is 5.78. The monoisotopic (exact) mass is 290 g/mol. The number of benzene rings is 1. The third-order valence-corrected chi connectivity index (χ3v) is 3.22. The Hall–Kier alpha value is -2.28. The number of aromatic nitrogens is 2. The van der Waals surface area contributed by atoms with E-state index in [-0.39, 0.29) is 11.8 Å². The fraction of sp³-hybridized carbons (Fsp3) is 0.154. The van der Waals surface area contributed by atoms with E-state index in [4.69, 9.17) is 15.7 Å². The van der Waals surface area contributed by atoms with Gasteiger partial charge in [0, 0.05) is 10.6 Å². The molecule has 0 unspecified atom stereocenters. The van der Waals surface area contributed by atoms with Gasteiger partial charge in [-0.2, -0.15) is 4.98 Å². The molecule has 0 aliphatic carbocycles. The average molecular weight is 290 g/mol. The van der Waals surface area contributed by atoms with Gasteiger partial charge in [0.15, 0.2) is 5.84 Å². The molecule has 1 aromatic heterocycles. The highest BCUT2D eigenvalue weighted by Gasteiger charge is 2.08. The number of oxime groups is 1. The molecule has 7 heteroatoms. The maximum atomic E-state index is 8.68. The van der Waals surface area contributed by atoms with Gasteiger partial charge < -0.3 is 15.7 Å². The number of rotatable bonds is 4. The Morgan fingerprint density at radius 3 is 2.60 bits per heavy atom. The molecule has 2 rings (SSSR count). The average Bonchev–Trinajstić information content (AvgIpc) is 2.46. The first kappa shape index (κ1) is 14.1. The van der Waals surface area contributed by atoms with E-state index in [1.807, 2.05) is 30.5 Å². The lowest BCUT2D eigenvalue weighted by atomic mass is 10.3. The number of thioether (sulfide) groups is 1. The molecule has 104 valence electrons. The number of ether oxygens (including phenoxy) is 1. The number of amidine groups is 1. The van der Waals surface area contributed by atoms with Crippen molar-refractivity contribution in [3.63, 3.8) is 0 Å². The minimum Gasteiger partial charge on any atom is -0.424 e. The van der Waals surface area contributed by atoms with Crippen LogP contribution in [0.25, 0.3) is 0 Å². The summed E-state index contributed by atoms with van der Waals surface area (Å²) in [5.74, 6) is 0.539. The van der Waals surface area contributed by atoms with Gasteiger partial charge in [-0.15, -0.1) is 11.8 Å². The lowest BCUT2D eigenvalue weighted by Gasteiger charge is -2.07. The van der Waals surface area contributed by atoms with Crippen LogP contribution in [0.15, 0.2) is 40.4 Å². The van der Waals surface area contributed by atoms with Gasteiger partial charge in [0.2, 0.25) is 0 Å². The second-order valence-corrected chi connectivity index (χ2v) is 4.82. The maximum absolute atomic E-state index is 8.68. The zero-order valence-corrected chi connectivity index (χ0v) is 11.9. The number of aryl methyl sites for hydroxylation is 1. The summed E-state index contributed by atoms with van der Waals surface area (Å²) in [7, 11) is 0. The predicted molar refractivity (Wildman–Crippen MR) is 77.6 cm³/mol. The predicted octanol–water partition coefficient (Wildman–Crippen LogP) is 2.39. The quantitative estimate of drug-likeness (QED) is 0.295. The molecule has 1 heterocycles. The summed E-state index contributed by atoms with van der Waals surface area (Å²) in [5, 5.41) is 11.6. The van der Waals surface area contributed by atoms with Gasteiger partial charge in [0.05, 0.1) is 0 Å². The van der Waals surface area contributed by atoms with Gasteiger partial charge in [-0.1, -0.05) is 5.16 Å². The second-order valence-electron chi connectivity index (χ2n) is 3.94. The molecule has 20 heavy (non-hydrogen) atoms. The summed E-state index contributed by atoms with van der Waals surface area (Å²) in [4.78, 5) is 9.38. The number of nitrogens with zero attached hydrogens (tertiary/aromatic N) is 3. The summed E-state index contributed by atoms with van der Waals surface area (Å²) in [6.45, 7) is 1.78. The van der Waals surface area contributed by atoms with Gasteiger partial charge in [-0.05, 0) is 43.5 Å². The van der Waals surface area contributed by atoms with Gasteiger partial charge in [-0.3, -0.25) is 0 Å². The highest BCUT2D eigenvalue weighted by atomic mass is 32.2. The van der Waals surface area contributed by atoms with Crippen LogP contribution >= 0.6 is 11.8 Å². The molecule has 0 aliphatic rings. The lowest BCUT2D eigenvalue weighted by molar-refractivity contribution is 0.318. The minimum atomic E-state index is -0.0851. The molecule has 0 saturated carbocycles. The normalized spacial score (nSPS) is 11.4. The first-order chi connectivity index (χ1) is 9.62. The highest BCUT2D eigenvalue weighted by Crippen LogP contribution is 2.22. The van der Waals surface area contributed by atoms with Crippen molar-refractivity contribution in [2.75, 3.05) is 6.26 Å². The van der Waals surface area contributed by atoms with E-state index in [0.29, 0.717) is 17.1 Å². The summed E-state index contributed by atoms with van der Waals surface area (Å²) in [6.07, 6.45) is 2.00. The van der Waals surface area contributed by atoms with Crippen molar-refractivity contribution in [3.8, 4) is 11.8 Å². The van der Waals surface area contributed by atoms with Crippen LogP contribution in [0.5, 0.6) is 11.8 Å². The summed E-state index contributed by atoms with van der Waals surface area (Å²) in [5.41, 5.74) is 6.49. The molecule has 0 spiro atoms. The van der Waals surface area contributed by atoms with E-state index in [1.54, 1.807) is 24.8 Å². The Morgan fingerprint density at radius 1 is 1.30 bits per heavy atom. The van der Waals surface area contributed by atoms with Crippen molar-refractivity contribution in [1.82, 2.24) is 9.97 Å². The molecule has 0 saturated heterocycles. The van der Waals surface area contributed by atoms with Crippen molar-refractivity contribution < 1.29 is 9.94 Å². The van der Waals surface area contributed by atoms with E-state index in [2.05, 4.69) is 15.1 Å². The molecule has 6 nitrogen and oxygen atoms in total. The third kappa shape index (κ3) is 3.39. The standard InChI is InChI=1S/C13H14N4O2S/c1-8-7-11(12(14)17-18)16-13(15-8)19-9-3-5-10(20-2)6-4-9/h3-7,18H,1-2H3,(H2,14,17). The maximum Gasteiger partial charge on any atom is 0.322 e. The molecular weight excluding hydrogens is 276 g/mol. The van der Waals surface area contributed by atoms with E-state index >= 15 is 0 Å². The molecule has 0 bridgehead atoms. The van der Waals surface area contributed by atoms with Crippen LogP contribution in [-0.4, -0.2) is 27.3 Å². The highest BCUT2D eigenvalue weighted by molar-refractivity contribution is 7.98. The smallest absolute Gasteiger partial charge is 0.322 e. The van der Waals surface area contributed by atoms with Crippen LogP contribution in [0.1, 0.15) is 11.4 Å². The Balaban J connectivity index is 2.26. The largest absolute Gasteiger partial charge is 0.424 e. The molecule has 0 aliphatic heterocycles. The van der Waals surface area contributed by atoms with E-state index < -0.39 is 0 Å². The molecule has 2 aromatic rings. The molecule has 3 N–H and O–H groups in total. The van der Waals surface area contributed by atoms with Gasteiger partial charge in [0.1, 0.15) is 11.4 Å². The second kappa shape index (κ2) is 6.25. The zero-order chi connectivity index (χ0) is 14.5. The van der Waals surface area contributed by atoms with Crippen LogP contribution in [-0.2, 0) is 0 Å². The minimum absolute atomic E-state index is 0.0851. The van der Waals surface area contributed by atoms with E-state index in [9.17, 15) is 0 Å². The van der Waals surface area contributed by atoms with Crippen molar-refractivity contribution in [1.29, 1.82) is 0 Å². The van der Waals surface area contributed by atoms with Crippen molar-refractivity contribution in [2.45, 2.75) is 11.8 Å². The molecule has 0 atom stereocenters. The lowest BCUT2D eigenvalue weighted by Crippen LogP contribution is -2.16. The molecule has 0 amide bonds. The Kier molecular flexibility index (Phi) is 4.41. The topological polar surface area (TPSA) is 93.6 Å². The van der Waals surface area contributed by atoms with Crippen LogP contribution in [0.3, 0.4) is 0 Å². The molecule has 0 fully saturated rings. The van der Waals surface area contributed by atoms with Crippen molar-refractivity contribution >= 4 is 17.6 Å². The summed E-state index contributed by atoms with van der Waals surface area (Å²) >= 11 is 1.65. The van der Waals surface area contributed by atoms with E-state index in [0.717, 1.165) is 4.90 Å². The van der Waals surface area contributed by atoms with Gasteiger partial charge >= 0.3 is 6.01 Å². The van der Waals surface area contributed by atoms with Crippen molar-refractivity contribution in [3.05, 3.63) is 41.7 Å². The first-order valence-corrected chi connectivity index (χ1v) is 7.00. The van der Waals surface area contributed by atoms with Crippen LogP contribution in [0.2, 0.25) is 0 Å².